The zero-order valence-electron chi connectivity index (χ0n) is 10.4. The maximum Gasteiger partial charge on any atom is 0.225 e. The van der Waals surface area contributed by atoms with E-state index in [1.807, 2.05) is 0 Å². The van der Waals surface area contributed by atoms with Crippen LogP contribution in [0.2, 0.25) is 0 Å². The molecule has 0 radical (unpaired) electrons. The number of carbonyl (C=O) groups excluding carboxylic acids is 1. The summed E-state index contributed by atoms with van der Waals surface area (Å²) in [4.78, 5) is 14.1. The number of rotatable bonds is 3. The van der Waals surface area contributed by atoms with Gasteiger partial charge in [0.05, 0.1) is 18.1 Å². The third kappa shape index (κ3) is 2.38. The number of carbonyl (C=O) groups is 1. The summed E-state index contributed by atoms with van der Waals surface area (Å²) in [5.41, 5.74) is 0. The predicted molar refractivity (Wildman–Crippen MR) is 62.1 cm³/mol. The molecule has 4 nitrogen and oxygen atoms in total. The number of ether oxygens (including phenoxy) is 1. The van der Waals surface area contributed by atoms with Gasteiger partial charge < -0.3 is 10.1 Å². The first-order valence-corrected chi connectivity index (χ1v) is 6.19. The molecule has 4 heteroatoms. The molecule has 0 aromatic carbocycles. The van der Waals surface area contributed by atoms with Crippen LogP contribution >= 0.6 is 0 Å². The van der Waals surface area contributed by atoms with E-state index in [-0.39, 0.29) is 24.0 Å². The van der Waals surface area contributed by atoms with Gasteiger partial charge in [-0.15, -0.1) is 0 Å². The van der Waals surface area contributed by atoms with Crippen molar-refractivity contribution in [3.05, 3.63) is 0 Å². The summed E-state index contributed by atoms with van der Waals surface area (Å²) in [6, 6.07) is 0. The van der Waals surface area contributed by atoms with E-state index in [0.29, 0.717) is 5.92 Å². The van der Waals surface area contributed by atoms with Crippen molar-refractivity contribution < 1.29 is 9.53 Å². The number of fused-ring (bicyclic) bond motifs is 2. The van der Waals surface area contributed by atoms with Gasteiger partial charge in [0.2, 0.25) is 5.91 Å². The summed E-state index contributed by atoms with van der Waals surface area (Å²) in [7, 11) is 1.70. The molecule has 2 bridgehead atoms. The Bertz CT molecular complexity index is 268. The van der Waals surface area contributed by atoms with Crippen LogP contribution in [0.3, 0.4) is 0 Å². The highest BCUT2D eigenvalue weighted by Crippen LogP contribution is 2.32. The van der Waals surface area contributed by atoms with Crippen molar-refractivity contribution >= 4 is 5.91 Å². The zero-order chi connectivity index (χ0) is 11.7. The topological polar surface area (TPSA) is 41.6 Å². The van der Waals surface area contributed by atoms with E-state index in [1.165, 1.54) is 0 Å². The van der Waals surface area contributed by atoms with Gasteiger partial charge in [-0.05, 0) is 12.3 Å². The molecule has 0 aromatic rings. The van der Waals surface area contributed by atoms with Crippen molar-refractivity contribution in [3.8, 4) is 0 Å². The van der Waals surface area contributed by atoms with Gasteiger partial charge in [0.1, 0.15) is 0 Å². The lowest BCUT2D eigenvalue weighted by molar-refractivity contribution is -0.127. The Labute approximate surface area is 97.3 Å². The van der Waals surface area contributed by atoms with Crippen LogP contribution in [0, 0.1) is 11.8 Å². The summed E-state index contributed by atoms with van der Waals surface area (Å²) < 4.78 is 5.84. The van der Waals surface area contributed by atoms with Crippen LogP contribution in [-0.2, 0) is 9.53 Å². The molecule has 2 saturated heterocycles. The molecule has 3 atom stereocenters. The van der Waals surface area contributed by atoms with Gasteiger partial charge in [-0.25, -0.2) is 0 Å². The van der Waals surface area contributed by atoms with E-state index in [4.69, 9.17) is 4.74 Å². The van der Waals surface area contributed by atoms with Crippen molar-refractivity contribution in [2.24, 2.45) is 11.8 Å². The Balaban J connectivity index is 1.95. The van der Waals surface area contributed by atoms with E-state index in [2.05, 4.69) is 24.1 Å². The SMILES string of the molecule is CNC(=O)[C@@H]1C[C@H]2CN(CC(C)C)C[C@H]1O2. The summed E-state index contributed by atoms with van der Waals surface area (Å²) >= 11 is 0. The lowest BCUT2D eigenvalue weighted by Gasteiger charge is -2.33. The van der Waals surface area contributed by atoms with Crippen LogP contribution in [0.25, 0.3) is 0 Å². The van der Waals surface area contributed by atoms with E-state index < -0.39 is 0 Å². The molecular weight excluding hydrogens is 204 g/mol. The number of amides is 1. The molecule has 2 heterocycles. The summed E-state index contributed by atoms with van der Waals surface area (Å²) in [6.07, 6.45) is 1.26. The Kier molecular flexibility index (Phi) is 3.50. The number of nitrogens with one attached hydrogen (secondary N) is 1. The summed E-state index contributed by atoms with van der Waals surface area (Å²) in [5, 5.41) is 2.74. The van der Waals surface area contributed by atoms with Crippen LogP contribution in [0.1, 0.15) is 20.3 Å². The van der Waals surface area contributed by atoms with Crippen molar-refractivity contribution in [2.45, 2.75) is 32.5 Å². The molecule has 0 aromatic heterocycles. The molecule has 0 unspecified atom stereocenters. The Hall–Kier alpha value is -0.610. The van der Waals surface area contributed by atoms with Gasteiger partial charge in [-0.1, -0.05) is 13.8 Å². The molecule has 92 valence electrons. The fourth-order valence-electron chi connectivity index (χ4n) is 2.86. The highest BCUT2D eigenvalue weighted by atomic mass is 16.5. The first-order chi connectivity index (χ1) is 7.60. The normalized spacial score (nSPS) is 34.4. The van der Waals surface area contributed by atoms with Crippen molar-refractivity contribution in [1.29, 1.82) is 0 Å². The Morgan fingerprint density at radius 3 is 2.88 bits per heavy atom. The molecule has 2 aliphatic heterocycles. The van der Waals surface area contributed by atoms with Crippen LogP contribution in [-0.4, -0.2) is 49.7 Å². The minimum Gasteiger partial charge on any atom is -0.371 e. The highest BCUT2D eigenvalue weighted by molar-refractivity contribution is 5.79. The molecule has 1 amide bonds. The number of nitrogens with zero attached hydrogens (tertiary/aromatic N) is 1. The number of likely N-dealkylation sites (tertiary alicyclic amines) is 1. The highest BCUT2D eigenvalue weighted by Gasteiger charge is 2.44. The van der Waals surface area contributed by atoms with E-state index in [0.717, 1.165) is 26.1 Å². The zero-order valence-corrected chi connectivity index (χ0v) is 10.4. The third-order valence-corrected chi connectivity index (χ3v) is 3.44. The standard InChI is InChI=1S/C12H22N2O2/c1-8(2)5-14-6-9-4-10(12(15)13-3)11(7-14)16-9/h8-11H,4-7H2,1-3H3,(H,13,15)/t9-,10+,11+/m0/s1. The Morgan fingerprint density at radius 1 is 1.50 bits per heavy atom. The van der Waals surface area contributed by atoms with Gasteiger partial charge in [0, 0.05) is 26.7 Å². The van der Waals surface area contributed by atoms with Gasteiger partial charge in [0.15, 0.2) is 0 Å². The van der Waals surface area contributed by atoms with Crippen molar-refractivity contribution in [2.75, 3.05) is 26.7 Å². The van der Waals surface area contributed by atoms with E-state index >= 15 is 0 Å². The maximum absolute atomic E-state index is 11.7. The van der Waals surface area contributed by atoms with Gasteiger partial charge in [-0.2, -0.15) is 0 Å². The number of hydrogen-bond donors (Lipinski definition) is 1. The first kappa shape index (κ1) is 11.9. The second-order valence-corrected chi connectivity index (χ2v) is 5.37. The molecule has 0 spiro atoms. The molecule has 2 fully saturated rings. The number of hydrogen-bond acceptors (Lipinski definition) is 3. The maximum atomic E-state index is 11.7. The molecule has 0 saturated carbocycles. The molecule has 2 rings (SSSR count). The second-order valence-electron chi connectivity index (χ2n) is 5.37. The van der Waals surface area contributed by atoms with Crippen LogP contribution in [0.4, 0.5) is 0 Å². The number of morpholine rings is 1. The summed E-state index contributed by atoms with van der Waals surface area (Å²) in [5.74, 6) is 0.877. The molecule has 2 aliphatic rings. The smallest absolute Gasteiger partial charge is 0.225 e. The minimum atomic E-state index is 0.0622. The van der Waals surface area contributed by atoms with Gasteiger partial charge in [0.25, 0.3) is 0 Å². The van der Waals surface area contributed by atoms with E-state index in [9.17, 15) is 4.79 Å². The lowest BCUT2D eigenvalue weighted by Crippen LogP contribution is -2.46. The summed E-state index contributed by atoms with van der Waals surface area (Å²) in [6.45, 7) is 7.47. The Morgan fingerprint density at radius 2 is 2.25 bits per heavy atom. The van der Waals surface area contributed by atoms with E-state index in [1.54, 1.807) is 7.05 Å². The van der Waals surface area contributed by atoms with Gasteiger partial charge >= 0.3 is 0 Å². The van der Waals surface area contributed by atoms with Crippen LogP contribution in [0.5, 0.6) is 0 Å². The third-order valence-electron chi connectivity index (χ3n) is 3.44. The predicted octanol–water partition coefficient (Wildman–Crippen LogP) is 0.478. The van der Waals surface area contributed by atoms with Crippen molar-refractivity contribution in [3.63, 3.8) is 0 Å². The van der Waals surface area contributed by atoms with Crippen molar-refractivity contribution in [1.82, 2.24) is 10.2 Å². The molecular formula is C12H22N2O2. The lowest BCUT2D eigenvalue weighted by atomic mass is 10.00. The minimum absolute atomic E-state index is 0.0622. The fourth-order valence-corrected chi connectivity index (χ4v) is 2.86. The monoisotopic (exact) mass is 226 g/mol. The second kappa shape index (κ2) is 4.72. The largest absolute Gasteiger partial charge is 0.371 e. The molecule has 1 N–H and O–H groups in total. The average molecular weight is 226 g/mol. The molecule has 16 heavy (non-hydrogen) atoms. The quantitative estimate of drug-likeness (QED) is 0.761. The first-order valence-electron chi connectivity index (χ1n) is 6.19. The average Bonchev–Trinajstić information content (AvgIpc) is 2.52. The fraction of sp³-hybridized carbons (Fsp3) is 0.917. The van der Waals surface area contributed by atoms with Crippen LogP contribution in [0.15, 0.2) is 0 Å². The van der Waals surface area contributed by atoms with Gasteiger partial charge in [-0.3, -0.25) is 9.69 Å². The van der Waals surface area contributed by atoms with Crippen LogP contribution < -0.4 is 5.32 Å². The molecule has 0 aliphatic carbocycles.